The first-order valence-electron chi connectivity index (χ1n) is 4.74. The third kappa shape index (κ3) is 3.32. The molecule has 4 heteroatoms. The summed E-state index contributed by atoms with van der Waals surface area (Å²) in [7, 11) is 0. The molecule has 15 heavy (non-hydrogen) atoms. The fourth-order valence-corrected chi connectivity index (χ4v) is 1.33. The summed E-state index contributed by atoms with van der Waals surface area (Å²) in [6.45, 7) is 1.60. The van der Waals surface area contributed by atoms with Crippen molar-refractivity contribution in [2.75, 3.05) is 0 Å². The van der Waals surface area contributed by atoms with Crippen molar-refractivity contribution in [3.05, 3.63) is 35.6 Å². The van der Waals surface area contributed by atoms with E-state index in [2.05, 4.69) is 0 Å². The van der Waals surface area contributed by atoms with E-state index in [0.29, 0.717) is 6.42 Å². The fraction of sp³-hybridized carbons (Fsp3) is 0.364. The molecular formula is C11H14FNO2. The molecule has 0 radical (unpaired) electrons. The maximum atomic E-state index is 12.6. The molecule has 2 unspecified atom stereocenters. The van der Waals surface area contributed by atoms with Crippen molar-refractivity contribution >= 4 is 5.97 Å². The SMILES string of the molecule is CC(CC(N)c1ccc(F)cc1)C(=O)O. The average Bonchev–Trinajstić information content (AvgIpc) is 2.18. The third-order valence-electron chi connectivity index (χ3n) is 2.33. The molecule has 0 bridgehead atoms. The Bertz CT molecular complexity index is 337. The number of hydrogen-bond acceptors (Lipinski definition) is 2. The van der Waals surface area contributed by atoms with E-state index in [1.807, 2.05) is 0 Å². The van der Waals surface area contributed by atoms with E-state index in [0.717, 1.165) is 5.56 Å². The van der Waals surface area contributed by atoms with Gasteiger partial charge in [-0.05, 0) is 24.1 Å². The number of rotatable bonds is 4. The molecule has 1 rings (SSSR count). The molecule has 0 saturated heterocycles. The van der Waals surface area contributed by atoms with Crippen LogP contribution in [0.15, 0.2) is 24.3 Å². The largest absolute Gasteiger partial charge is 0.481 e. The van der Waals surface area contributed by atoms with E-state index in [-0.39, 0.29) is 11.9 Å². The van der Waals surface area contributed by atoms with Crippen LogP contribution >= 0.6 is 0 Å². The van der Waals surface area contributed by atoms with Crippen LogP contribution in [0.4, 0.5) is 4.39 Å². The number of benzene rings is 1. The first-order valence-corrected chi connectivity index (χ1v) is 4.74. The molecule has 0 aliphatic carbocycles. The van der Waals surface area contributed by atoms with Crippen LogP contribution in [0.5, 0.6) is 0 Å². The molecular weight excluding hydrogens is 197 g/mol. The van der Waals surface area contributed by atoms with Crippen LogP contribution in [0.2, 0.25) is 0 Å². The zero-order chi connectivity index (χ0) is 11.4. The standard InChI is InChI=1S/C11H14FNO2/c1-7(11(14)15)6-10(13)8-2-4-9(12)5-3-8/h2-5,7,10H,6,13H2,1H3,(H,14,15). The summed E-state index contributed by atoms with van der Waals surface area (Å²) in [5, 5.41) is 8.71. The second-order valence-corrected chi connectivity index (χ2v) is 3.63. The zero-order valence-corrected chi connectivity index (χ0v) is 8.48. The summed E-state index contributed by atoms with van der Waals surface area (Å²) < 4.78 is 12.6. The minimum Gasteiger partial charge on any atom is -0.481 e. The molecule has 0 aliphatic heterocycles. The molecule has 82 valence electrons. The van der Waals surface area contributed by atoms with E-state index in [1.54, 1.807) is 19.1 Å². The maximum absolute atomic E-state index is 12.6. The second-order valence-electron chi connectivity index (χ2n) is 3.63. The molecule has 1 aromatic rings. The number of carbonyl (C=O) groups is 1. The molecule has 0 fully saturated rings. The molecule has 0 heterocycles. The topological polar surface area (TPSA) is 63.3 Å². The smallest absolute Gasteiger partial charge is 0.306 e. The number of carboxylic acids is 1. The molecule has 3 nitrogen and oxygen atoms in total. The first kappa shape index (κ1) is 11.7. The minimum absolute atomic E-state index is 0.322. The van der Waals surface area contributed by atoms with Crippen molar-refractivity contribution in [1.82, 2.24) is 0 Å². The Kier molecular flexibility index (Phi) is 3.80. The Morgan fingerprint density at radius 2 is 2.00 bits per heavy atom. The van der Waals surface area contributed by atoms with E-state index in [9.17, 15) is 9.18 Å². The van der Waals surface area contributed by atoms with E-state index < -0.39 is 11.9 Å². The summed E-state index contributed by atoms with van der Waals surface area (Å²) in [4.78, 5) is 10.6. The summed E-state index contributed by atoms with van der Waals surface area (Å²) in [5.74, 6) is -1.69. The van der Waals surface area contributed by atoms with Crippen molar-refractivity contribution in [2.45, 2.75) is 19.4 Å². The summed E-state index contributed by atoms with van der Waals surface area (Å²) in [6.07, 6.45) is 0.348. The number of nitrogens with two attached hydrogens (primary N) is 1. The van der Waals surface area contributed by atoms with Crippen LogP contribution < -0.4 is 5.73 Å². The van der Waals surface area contributed by atoms with Gasteiger partial charge in [-0.15, -0.1) is 0 Å². The first-order chi connectivity index (χ1) is 7.00. The van der Waals surface area contributed by atoms with Gasteiger partial charge in [0.15, 0.2) is 0 Å². The lowest BCUT2D eigenvalue weighted by molar-refractivity contribution is -0.141. The Morgan fingerprint density at radius 3 is 2.47 bits per heavy atom. The lowest BCUT2D eigenvalue weighted by Crippen LogP contribution is -2.19. The van der Waals surface area contributed by atoms with Gasteiger partial charge >= 0.3 is 5.97 Å². The van der Waals surface area contributed by atoms with Gasteiger partial charge in [0, 0.05) is 6.04 Å². The molecule has 0 amide bonds. The summed E-state index contributed by atoms with van der Waals surface area (Å²) >= 11 is 0. The van der Waals surface area contributed by atoms with Gasteiger partial charge in [0.1, 0.15) is 5.82 Å². The Morgan fingerprint density at radius 1 is 1.47 bits per heavy atom. The Labute approximate surface area is 87.7 Å². The van der Waals surface area contributed by atoms with Gasteiger partial charge in [-0.25, -0.2) is 4.39 Å². The normalized spacial score (nSPS) is 14.6. The van der Waals surface area contributed by atoms with Crippen molar-refractivity contribution in [3.8, 4) is 0 Å². The predicted octanol–water partition coefficient (Wildman–Crippen LogP) is 1.94. The summed E-state index contributed by atoms with van der Waals surface area (Å²) in [5.41, 5.74) is 6.55. The van der Waals surface area contributed by atoms with Crippen LogP contribution in [-0.2, 0) is 4.79 Å². The zero-order valence-electron chi connectivity index (χ0n) is 8.48. The Hall–Kier alpha value is -1.42. The van der Waals surface area contributed by atoms with Gasteiger partial charge in [-0.3, -0.25) is 4.79 Å². The van der Waals surface area contributed by atoms with Crippen molar-refractivity contribution in [1.29, 1.82) is 0 Å². The van der Waals surface area contributed by atoms with E-state index in [1.165, 1.54) is 12.1 Å². The minimum atomic E-state index is -0.868. The average molecular weight is 211 g/mol. The van der Waals surface area contributed by atoms with Gasteiger partial charge < -0.3 is 10.8 Å². The van der Waals surface area contributed by atoms with Crippen LogP contribution in [0, 0.1) is 11.7 Å². The molecule has 2 atom stereocenters. The van der Waals surface area contributed by atoms with Crippen molar-refractivity contribution < 1.29 is 14.3 Å². The highest BCUT2D eigenvalue weighted by molar-refractivity contribution is 5.69. The number of hydrogen-bond donors (Lipinski definition) is 2. The number of halogens is 1. The lowest BCUT2D eigenvalue weighted by Gasteiger charge is -2.14. The monoisotopic (exact) mass is 211 g/mol. The second kappa shape index (κ2) is 4.89. The highest BCUT2D eigenvalue weighted by Gasteiger charge is 2.16. The quantitative estimate of drug-likeness (QED) is 0.799. The third-order valence-corrected chi connectivity index (χ3v) is 2.33. The highest BCUT2D eigenvalue weighted by Crippen LogP contribution is 2.19. The highest BCUT2D eigenvalue weighted by atomic mass is 19.1. The van der Waals surface area contributed by atoms with Gasteiger partial charge in [0.25, 0.3) is 0 Å². The molecule has 3 N–H and O–H groups in total. The van der Waals surface area contributed by atoms with E-state index in [4.69, 9.17) is 10.8 Å². The molecule has 0 aliphatic rings. The van der Waals surface area contributed by atoms with E-state index >= 15 is 0 Å². The molecule has 0 spiro atoms. The van der Waals surface area contributed by atoms with Crippen molar-refractivity contribution in [3.63, 3.8) is 0 Å². The summed E-state index contributed by atoms with van der Waals surface area (Å²) in [6, 6.07) is 5.43. The molecule has 0 aromatic heterocycles. The van der Waals surface area contributed by atoms with Crippen LogP contribution in [0.25, 0.3) is 0 Å². The number of aliphatic carboxylic acids is 1. The molecule has 0 saturated carbocycles. The molecule has 1 aromatic carbocycles. The maximum Gasteiger partial charge on any atom is 0.306 e. The van der Waals surface area contributed by atoms with Gasteiger partial charge in [0.2, 0.25) is 0 Å². The van der Waals surface area contributed by atoms with Crippen LogP contribution in [0.3, 0.4) is 0 Å². The van der Waals surface area contributed by atoms with Crippen LogP contribution in [-0.4, -0.2) is 11.1 Å². The van der Waals surface area contributed by atoms with Gasteiger partial charge in [-0.1, -0.05) is 19.1 Å². The lowest BCUT2D eigenvalue weighted by atomic mass is 9.97. The van der Waals surface area contributed by atoms with Crippen LogP contribution in [0.1, 0.15) is 24.9 Å². The van der Waals surface area contributed by atoms with Gasteiger partial charge in [-0.2, -0.15) is 0 Å². The van der Waals surface area contributed by atoms with Gasteiger partial charge in [0.05, 0.1) is 5.92 Å². The fourth-order valence-electron chi connectivity index (χ4n) is 1.33. The number of carboxylic acid groups (broad SMARTS) is 1. The predicted molar refractivity (Wildman–Crippen MR) is 54.7 cm³/mol. The Balaban J connectivity index is 2.64. The van der Waals surface area contributed by atoms with Crippen molar-refractivity contribution in [2.24, 2.45) is 11.7 Å².